The van der Waals surface area contributed by atoms with Crippen LogP contribution in [0, 0.1) is 0 Å². The third kappa shape index (κ3) is 12.2. The van der Waals surface area contributed by atoms with Crippen molar-refractivity contribution in [2.75, 3.05) is 0 Å². The van der Waals surface area contributed by atoms with Crippen LogP contribution < -0.4 is 69.3 Å². The van der Waals surface area contributed by atoms with Crippen LogP contribution >= 0.6 is 0 Å². The van der Waals surface area contributed by atoms with Crippen molar-refractivity contribution >= 4 is 11.9 Å². The molecule has 2 unspecified atom stereocenters. The Bertz CT molecular complexity index is 397. The number of carboxylic acids is 2. The van der Waals surface area contributed by atoms with Gasteiger partial charge in [-0.2, -0.15) is 0 Å². The Kier molecular flexibility index (Phi) is 18.5. The van der Waals surface area contributed by atoms with Crippen molar-refractivity contribution in [2.24, 2.45) is 0 Å². The topological polar surface area (TPSA) is 98.7 Å². The van der Waals surface area contributed by atoms with Crippen LogP contribution in [0.2, 0.25) is 0 Å². The Morgan fingerprint density at radius 2 is 1.07 bits per heavy atom. The first kappa shape index (κ1) is 30.1. The molecule has 0 N–H and O–H groups in total. The van der Waals surface area contributed by atoms with Gasteiger partial charge in [0.25, 0.3) is 0 Å². The minimum Gasteiger partial charge on any atom is -0.547 e. The summed E-state index contributed by atoms with van der Waals surface area (Å²) in [6, 6.07) is 0. The number of hydrogen-bond donors (Lipinski definition) is 0. The molecule has 27 heavy (non-hydrogen) atoms. The first-order valence-corrected chi connectivity index (χ1v) is 9.67. The van der Waals surface area contributed by atoms with Gasteiger partial charge in [0.05, 0.1) is 11.9 Å². The van der Waals surface area contributed by atoms with Crippen molar-refractivity contribution in [3.63, 3.8) is 0 Å². The second-order valence-electron chi connectivity index (χ2n) is 7.13. The van der Waals surface area contributed by atoms with Crippen molar-refractivity contribution in [3.8, 4) is 0 Å². The van der Waals surface area contributed by atoms with Crippen molar-refractivity contribution in [1.82, 2.24) is 0 Å². The van der Waals surface area contributed by atoms with E-state index in [1.807, 2.05) is 0 Å². The zero-order valence-electron chi connectivity index (χ0n) is 17.6. The minimum atomic E-state index is -1.61. The molecule has 0 bridgehead atoms. The van der Waals surface area contributed by atoms with Gasteiger partial charge in [0.2, 0.25) is 0 Å². The van der Waals surface area contributed by atoms with Gasteiger partial charge in [0, 0.05) is 6.42 Å². The molecule has 0 aliphatic carbocycles. The van der Waals surface area contributed by atoms with E-state index in [-0.39, 0.29) is 59.1 Å². The molecule has 1 saturated heterocycles. The van der Waals surface area contributed by atoms with Crippen molar-refractivity contribution in [2.45, 2.75) is 109 Å². The number of hydrogen-bond acceptors (Lipinski definition) is 6. The van der Waals surface area contributed by atoms with E-state index >= 15 is 0 Å². The van der Waals surface area contributed by atoms with E-state index in [9.17, 15) is 19.8 Å². The third-order valence-electron chi connectivity index (χ3n) is 4.73. The van der Waals surface area contributed by atoms with E-state index in [2.05, 4.69) is 6.92 Å². The number of ether oxygens (including phenoxy) is 2. The van der Waals surface area contributed by atoms with Gasteiger partial charge in [-0.15, -0.1) is 0 Å². The standard InChI is InChI=1S/C19H34O6.2Na/c1-3-4-5-6-7-8-9-10-11-12-13-14-19(2)24-15(17(20)21)16(25-19)18(22)23;;/h15-16H,3-14H2,1-2H3,(H,20,21)(H,22,23);;/q;2*+1/p-2. The van der Waals surface area contributed by atoms with Gasteiger partial charge in [0.1, 0.15) is 12.2 Å². The Morgan fingerprint density at radius 3 is 1.41 bits per heavy atom. The quantitative estimate of drug-likeness (QED) is 0.215. The van der Waals surface area contributed by atoms with E-state index in [1.165, 1.54) is 51.4 Å². The first-order chi connectivity index (χ1) is 11.9. The van der Waals surface area contributed by atoms with Gasteiger partial charge in [-0.25, -0.2) is 0 Å². The number of rotatable bonds is 14. The molecule has 1 heterocycles. The molecule has 0 radical (unpaired) electrons. The third-order valence-corrected chi connectivity index (χ3v) is 4.73. The van der Waals surface area contributed by atoms with Crippen LogP contribution in [0.5, 0.6) is 0 Å². The first-order valence-electron chi connectivity index (χ1n) is 9.67. The molecule has 0 saturated carbocycles. The van der Waals surface area contributed by atoms with Gasteiger partial charge < -0.3 is 29.3 Å². The van der Waals surface area contributed by atoms with Gasteiger partial charge in [0.15, 0.2) is 5.79 Å². The zero-order chi connectivity index (χ0) is 18.7. The van der Waals surface area contributed by atoms with Gasteiger partial charge in [-0.1, -0.05) is 71.1 Å². The second-order valence-corrected chi connectivity index (χ2v) is 7.13. The number of unbranched alkanes of at least 4 members (excludes halogenated alkanes) is 10. The number of aliphatic carboxylic acids is 2. The fourth-order valence-electron chi connectivity index (χ4n) is 3.26. The number of carboxylic acid groups (broad SMARTS) is 2. The molecule has 0 aromatic rings. The van der Waals surface area contributed by atoms with Gasteiger partial charge in [-0.05, 0) is 13.3 Å². The number of carbonyl (C=O) groups is 2. The van der Waals surface area contributed by atoms with Crippen molar-refractivity contribution in [1.29, 1.82) is 0 Å². The van der Waals surface area contributed by atoms with E-state index in [1.54, 1.807) is 6.92 Å². The van der Waals surface area contributed by atoms with Gasteiger partial charge in [-0.3, -0.25) is 0 Å². The molecule has 0 aromatic heterocycles. The molecule has 146 valence electrons. The molecule has 2 atom stereocenters. The van der Waals surface area contributed by atoms with Crippen LogP contribution in [0.1, 0.15) is 90.9 Å². The number of carbonyl (C=O) groups excluding carboxylic acids is 2. The van der Waals surface area contributed by atoms with Crippen LogP contribution in [0.15, 0.2) is 0 Å². The van der Waals surface area contributed by atoms with Crippen molar-refractivity contribution in [3.05, 3.63) is 0 Å². The Hall–Kier alpha value is 0.860. The summed E-state index contributed by atoms with van der Waals surface area (Å²) in [6.07, 6.45) is 10.5. The van der Waals surface area contributed by atoms with Crippen LogP contribution in [0.4, 0.5) is 0 Å². The van der Waals surface area contributed by atoms with E-state index in [0.29, 0.717) is 6.42 Å². The summed E-state index contributed by atoms with van der Waals surface area (Å²) in [6.45, 7) is 3.79. The van der Waals surface area contributed by atoms with E-state index < -0.39 is 29.9 Å². The Labute approximate surface area is 207 Å². The summed E-state index contributed by atoms with van der Waals surface area (Å²) in [5, 5.41) is 21.9. The normalized spacial score (nSPS) is 24.1. The monoisotopic (exact) mass is 402 g/mol. The van der Waals surface area contributed by atoms with Crippen LogP contribution in [-0.2, 0) is 19.1 Å². The summed E-state index contributed by atoms with van der Waals surface area (Å²) < 4.78 is 10.5. The maximum Gasteiger partial charge on any atom is 1.00 e. The maximum atomic E-state index is 11.0. The fraction of sp³-hybridized carbons (Fsp3) is 0.895. The van der Waals surface area contributed by atoms with Crippen LogP contribution in [-0.4, -0.2) is 29.9 Å². The molecule has 6 nitrogen and oxygen atoms in total. The second kappa shape index (κ2) is 16.6. The van der Waals surface area contributed by atoms with Crippen LogP contribution in [0.25, 0.3) is 0 Å². The SMILES string of the molecule is CCCCCCCCCCCCCC1(C)OC(C(=O)[O-])C(C(=O)[O-])O1.[Na+].[Na+]. The summed E-state index contributed by atoms with van der Waals surface area (Å²) >= 11 is 0. The molecular formula is C19H32Na2O6. The Morgan fingerprint density at radius 1 is 0.741 bits per heavy atom. The molecule has 0 amide bonds. The predicted molar refractivity (Wildman–Crippen MR) is 89.2 cm³/mol. The van der Waals surface area contributed by atoms with E-state index in [4.69, 9.17) is 9.47 Å². The minimum absolute atomic E-state index is 0. The van der Waals surface area contributed by atoms with Crippen molar-refractivity contribution < 1.29 is 88.4 Å². The molecular weight excluding hydrogens is 370 g/mol. The maximum absolute atomic E-state index is 11.0. The zero-order valence-corrected chi connectivity index (χ0v) is 21.6. The molecule has 0 aromatic carbocycles. The fourth-order valence-corrected chi connectivity index (χ4v) is 3.26. The van der Waals surface area contributed by atoms with Crippen LogP contribution in [0.3, 0.4) is 0 Å². The smallest absolute Gasteiger partial charge is 0.547 e. The summed E-state index contributed by atoms with van der Waals surface area (Å²) in [7, 11) is 0. The van der Waals surface area contributed by atoms with Gasteiger partial charge >= 0.3 is 59.1 Å². The molecule has 1 fully saturated rings. The average molecular weight is 402 g/mol. The summed E-state index contributed by atoms with van der Waals surface area (Å²) in [5.74, 6) is -4.37. The molecule has 1 rings (SSSR count). The largest absolute Gasteiger partial charge is 1.00 e. The molecule has 1 aliphatic rings. The van der Waals surface area contributed by atoms with E-state index in [0.717, 1.165) is 19.3 Å². The molecule has 8 heteroatoms. The summed E-state index contributed by atoms with van der Waals surface area (Å²) in [4.78, 5) is 21.9. The average Bonchev–Trinajstić information content (AvgIpc) is 2.91. The molecule has 1 aliphatic heterocycles. The Balaban J connectivity index is 0. The predicted octanol–water partition coefficient (Wildman–Crippen LogP) is -4.30. The molecule has 0 spiro atoms. The summed E-state index contributed by atoms with van der Waals surface area (Å²) in [5.41, 5.74) is 0.